The van der Waals surface area contributed by atoms with E-state index in [1.54, 1.807) is 4.90 Å². The molecule has 2 saturated heterocycles. The zero-order valence-electron chi connectivity index (χ0n) is 11.7. The summed E-state index contributed by atoms with van der Waals surface area (Å²) in [5, 5.41) is 12.6. The Morgan fingerprint density at radius 1 is 1.37 bits per heavy atom. The Morgan fingerprint density at radius 2 is 2.16 bits per heavy atom. The van der Waals surface area contributed by atoms with Gasteiger partial charge < -0.3 is 15.3 Å². The van der Waals surface area contributed by atoms with Crippen LogP contribution in [0, 0.1) is 0 Å². The molecule has 2 atom stereocenters. The third-order valence-electron chi connectivity index (χ3n) is 4.38. The first kappa shape index (κ1) is 14.3. The summed E-state index contributed by atoms with van der Waals surface area (Å²) in [7, 11) is 0. The molecule has 0 aliphatic carbocycles. The average molecular weight is 268 g/mol. The average Bonchev–Trinajstić information content (AvgIpc) is 2.88. The van der Waals surface area contributed by atoms with Gasteiger partial charge in [-0.05, 0) is 45.1 Å². The Labute approximate surface area is 114 Å². The van der Waals surface area contributed by atoms with Gasteiger partial charge in [0.1, 0.15) is 6.04 Å². The summed E-state index contributed by atoms with van der Waals surface area (Å²) in [5.41, 5.74) is -0.500. The highest BCUT2D eigenvalue weighted by Crippen LogP contribution is 2.30. The van der Waals surface area contributed by atoms with Crippen molar-refractivity contribution < 1.29 is 14.7 Å². The van der Waals surface area contributed by atoms with Crippen LogP contribution in [-0.2, 0) is 9.59 Å². The van der Waals surface area contributed by atoms with Crippen LogP contribution in [0.2, 0.25) is 0 Å². The first-order chi connectivity index (χ1) is 9.10. The molecule has 2 rings (SSSR count). The first-order valence-corrected chi connectivity index (χ1v) is 7.39. The van der Waals surface area contributed by atoms with E-state index < -0.39 is 17.6 Å². The van der Waals surface area contributed by atoms with E-state index >= 15 is 0 Å². The molecule has 1 amide bonds. The van der Waals surface area contributed by atoms with Crippen LogP contribution >= 0.6 is 0 Å². The number of carboxylic acids is 1. The molecule has 19 heavy (non-hydrogen) atoms. The molecular weight excluding hydrogens is 244 g/mol. The van der Waals surface area contributed by atoms with Crippen LogP contribution < -0.4 is 5.32 Å². The number of carbonyl (C=O) groups is 2. The number of hydrogen-bond acceptors (Lipinski definition) is 3. The van der Waals surface area contributed by atoms with Crippen LogP contribution in [0.1, 0.15) is 51.9 Å². The Hall–Kier alpha value is -1.10. The smallest absolute Gasteiger partial charge is 0.326 e. The van der Waals surface area contributed by atoms with E-state index in [9.17, 15) is 14.7 Å². The van der Waals surface area contributed by atoms with E-state index in [1.807, 2.05) is 0 Å². The van der Waals surface area contributed by atoms with Crippen LogP contribution in [0.15, 0.2) is 0 Å². The molecule has 0 saturated carbocycles. The fraction of sp³-hybridized carbons (Fsp3) is 0.857. The van der Waals surface area contributed by atoms with Crippen molar-refractivity contribution in [2.24, 2.45) is 0 Å². The van der Waals surface area contributed by atoms with Crippen molar-refractivity contribution in [2.45, 2.75) is 63.5 Å². The maximum atomic E-state index is 12.8. The molecule has 5 nitrogen and oxygen atoms in total. The molecule has 108 valence electrons. The van der Waals surface area contributed by atoms with Crippen LogP contribution in [0.5, 0.6) is 0 Å². The van der Waals surface area contributed by atoms with Gasteiger partial charge in [0.2, 0.25) is 5.91 Å². The van der Waals surface area contributed by atoms with Gasteiger partial charge in [-0.1, -0.05) is 13.3 Å². The largest absolute Gasteiger partial charge is 0.480 e. The zero-order valence-corrected chi connectivity index (χ0v) is 11.7. The van der Waals surface area contributed by atoms with Crippen LogP contribution in [-0.4, -0.2) is 46.6 Å². The zero-order chi connectivity index (χ0) is 13.9. The molecule has 2 aliphatic rings. The van der Waals surface area contributed by atoms with Crippen LogP contribution in [0.3, 0.4) is 0 Å². The number of rotatable bonds is 4. The van der Waals surface area contributed by atoms with Gasteiger partial charge in [0.05, 0.1) is 5.54 Å². The number of carboxylic acid groups (broad SMARTS) is 1. The normalized spacial score (nSPS) is 31.4. The second-order valence-electron chi connectivity index (χ2n) is 5.71. The molecule has 2 fully saturated rings. The minimum atomic E-state index is -0.863. The minimum Gasteiger partial charge on any atom is -0.480 e. The number of piperidine rings is 1. The number of nitrogens with one attached hydrogen (secondary N) is 1. The van der Waals surface area contributed by atoms with Crippen molar-refractivity contribution in [1.29, 1.82) is 0 Å². The van der Waals surface area contributed by atoms with Gasteiger partial charge in [0, 0.05) is 6.54 Å². The standard InChI is InChI=1S/C14H24N2O3/c1-2-7-14(8-5-9-15-14)13(19)16-10-4-3-6-11(16)12(17)18/h11,15H,2-10H2,1H3,(H,17,18). The van der Waals surface area contributed by atoms with Crippen molar-refractivity contribution in [3.63, 3.8) is 0 Å². The second-order valence-corrected chi connectivity index (χ2v) is 5.71. The Bertz CT molecular complexity index is 351. The summed E-state index contributed by atoms with van der Waals surface area (Å²) in [6.07, 6.45) is 5.97. The fourth-order valence-corrected chi connectivity index (χ4v) is 3.44. The van der Waals surface area contributed by atoms with E-state index in [0.29, 0.717) is 13.0 Å². The van der Waals surface area contributed by atoms with Crippen molar-refractivity contribution >= 4 is 11.9 Å². The highest BCUT2D eigenvalue weighted by Gasteiger charge is 2.45. The minimum absolute atomic E-state index is 0.0129. The van der Waals surface area contributed by atoms with Gasteiger partial charge in [0.25, 0.3) is 0 Å². The lowest BCUT2D eigenvalue weighted by Crippen LogP contribution is -2.60. The third-order valence-corrected chi connectivity index (χ3v) is 4.38. The SMILES string of the molecule is CCCC1(C(=O)N2CCCCC2C(=O)O)CCCN1. The lowest BCUT2D eigenvalue weighted by molar-refractivity contribution is -0.155. The summed E-state index contributed by atoms with van der Waals surface area (Å²) in [4.78, 5) is 25.8. The van der Waals surface area contributed by atoms with Gasteiger partial charge in [-0.3, -0.25) is 4.79 Å². The number of nitrogens with zero attached hydrogens (tertiary/aromatic N) is 1. The predicted octanol–water partition coefficient (Wildman–Crippen LogP) is 1.37. The number of amides is 1. The topological polar surface area (TPSA) is 69.6 Å². The Kier molecular flexibility index (Phi) is 4.45. The summed E-state index contributed by atoms with van der Waals surface area (Å²) in [6, 6.07) is -0.627. The van der Waals surface area contributed by atoms with Crippen LogP contribution in [0.4, 0.5) is 0 Å². The molecule has 0 bridgehead atoms. The van der Waals surface area contributed by atoms with Crippen LogP contribution in [0.25, 0.3) is 0 Å². The molecule has 2 aliphatic heterocycles. The van der Waals surface area contributed by atoms with E-state index in [-0.39, 0.29) is 5.91 Å². The highest BCUT2D eigenvalue weighted by atomic mass is 16.4. The quantitative estimate of drug-likeness (QED) is 0.808. The van der Waals surface area contributed by atoms with E-state index in [2.05, 4.69) is 12.2 Å². The van der Waals surface area contributed by atoms with Crippen molar-refractivity contribution in [3.05, 3.63) is 0 Å². The molecule has 5 heteroatoms. The molecule has 0 aromatic heterocycles. The second kappa shape index (κ2) is 5.90. The number of hydrogen-bond donors (Lipinski definition) is 2. The van der Waals surface area contributed by atoms with Gasteiger partial charge in [0.15, 0.2) is 0 Å². The molecule has 2 N–H and O–H groups in total. The number of likely N-dealkylation sites (tertiary alicyclic amines) is 1. The maximum absolute atomic E-state index is 12.8. The van der Waals surface area contributed by atoms with Gasteiger partial charge >= 0.3 is 5.97 Å². The highest BCUT2D eigenvalue weighted by molar-refractivity contribution is 5.90. The first-order valence-electron chi connectivity index (χ1n) is 7.39. The number of aliphatic carboxylic acids is 1. The Morgan fingerprint density at radius 3 is 2.74 bits per heavy atom. The predicted molar refractivity (Wildman–Crippen MR) is 71.9 cm³/mol. The van der Waals surface area contributed by atoms with Crippen molar-refractivity contribution in [3.8, 4) is 0 Å². The molecule has 2 heterocycles. The summed E-state index contributed by atoms with van der Waals surface area (Å²) < 4.78 is 0. The van der Waals surface area contributed by atoms with E-state index in [1.165, 1.54) is 0 Å². The van der Waals surface area contributed by atoms with Gasteiger partial charge in [-0.2, -0.15) is 0 Å². The van der Waals surface area contributed by atoms with Crippen molar-refractivity contribution in [1.82, 2.24) is 10.2 Å². The Balaban J connectivity index is 2.17. The molecule has 2 unspecified atom stereocenters. The lowest BCUT2D eigenvalue weighted by atomic mass is 9.88. The van der Waals surface area contributed by atoms with E-state index in [0.717, 1.165) is 45.1 Å². The summed E-state index contributed by atoms with van der Waals surface area (Å²) >= 11 is 0. The van der Waals surface area contributed by atoms with Crippen molar-refractivity contribution in [2.75, 3.05) is 13.1 Å². The number of carbonyl (C=O) groups excluding carboxylic acids is 1. The van der Waals surface area contributed by atoms with E-state index in [4.69, 9.17) is 0 Å². The fourth-order valence-electron chi connectivity index (χ4n) is 3.44. The van der Waals surface area contributed by atoms with Gasteiger partial charge in [-0.15, -0.1) is 0 Å². The molecule has 0 aromatic carbocycles. The molecular formula is C14H24N2O3. The monoisotopic (exact) mass is 268 g/mol. The molecule has 0 radical (unpaired) electrons. The summed E-state index contributed by atoms with van der Waals surface area (Å²) in [6.45, 7) is 3.51. The maximum Gasteiger partial charge on any atom is 0.326 e. The lowest BCUT2D eigenvalue weighted by Gasteiger charge is -2.39. The third kappa shape index (κ3) is 2.76. The molecule has 0 aromatic rings. The van der Waals surface area contributed by atoms with Gasteiger partial charge in [-0.25, -0.2) is 4.79 Å². The summed E-state index contributed by atoms with van der Waals surface area (Å²) in [5.74, 6) is -0.850. The molecule has 0 spiro atoms.